The molecule has 3 atom stereocenters. The number of aliphatic carboxylic acids is 1. The number of aryl methyl sites for hydroxylation is 1. The lowest BCUT2D eigenvalue weighted by molar-refractivity contribution is -0.138. The molecule has 1 aliphatic heterocycles. The topological polar surface area (TPSA) is 88.3 Å². The predicted octanol–water partition coefficient (Wildman–Crippen LogP) is 3.17. The molecule has 2 aliphatic rings. The van der Waals surface area contributed by atoms with Crippen LogP contribution >= 0.6 is 0 Å². The fourth-order valence-corrected chi connectivity index (χ4v) is 4.84. The summed E-state index contributed by atoms with van der Waals surface area (Å²) < 4.78 is 1.73. The highest BCUT2D eigenvalue weighted by Gasteiger charge is 2.49. The van der Waals surface area contributed by atoms with E-state index in [1.54, 1.807) is 9.58 Å². The maximum Gasteiger partial charge on any atom is 0.305 e. The Morgan fingerprint density at radius 3 is 2.71 bits per heavy atom. The molecule has 28 heavy (non-hydrogen) atoms. The van der Waals surface area contributed by atoms with Crippen LogP contribution in [0.2, 0.25) is 0 Å². The maximum atomic E-state index is 13.2. The molecule has 2 fully saturated rings. The monoisotopic (exact) mass is 382 g/mol. The summed E-state index contributed by atoms with van der Waals surface area (Å²) in [6, 6.07) is 7.85. The predicted molar refractivity (Wildman–Crippen MR) is 104 cm³/mol. The summed E-state index contributed by atoms with van der Waals surface area (Å²) in [7, 11) is 0. The van der Waals surface area contributed by atoms with Gasteiger partial charge in [-0.15, -0.1) is 5.10 Å². The van der Waals surface area contributed by atoms with Crippen LogP contribution in [0.4, 0.5) is 0 Å². The molecule has 0 radical (unpaired) electrons. The van der Waals surface area contributed by atoms with Crippen LogP contribution in [0, 0.1) is 12.8 Å². The molecule has 2 aromatic rings. The van der Waals surface area contributed by atoms with Crippen molar-refractivity contribution in [3.63, 3.8) is 0 Å². The molecule has 1 amide bonds. The van der Waals surface area contributed by atoms with Crippen molar-refractivity contribution in [2.24, 2.45) is 5.92 Å². The lowest BCUT2D eigenvalue weighted by atomic mass is 9.96. The van der Waals surface area contributed by atoms with E-state index in [-0.39, 0.29) is 36.2 Å². The molecule has 7 nitrogen and oxygen atoms in total. The van der Waals surface area contributed by atoms with Gasteiger partial charge in [0.25, 0.3) is 5.91 Å². The Labute approximate surface area is 164 Å². The van der Waals surface area contributed by atoms with Crippen LogP contribution in [0.3, 0.4) is 0 Å². The van der Waals surface area contributed by atoms with E-state index in [2.05, 4.69) is 30.0 Å². The van der Waals surface area contributed by atoms with E-state index in [0.29, 0.717) is 11.7 Å². The first-order valence-corrected chi connectivity index (χ1v) is 9.94. The Hall–Kier alpha value is -2.70. The molecule has 1 saturated carbocycles. The Morgan fingerprint density at radius 2 is 2.00 bits per heavy atom. The van der Waals surface area contributed by atoms with Crippen LogP contribution in [0.25, 0.3) is 5.69 Å². The van der Waals surface area contributed by atoms with Gasteiger partial charge in [0.05, 0.1) is 12.1 Å². The number of rotatable bonds is 5. The van der Waals surface area contributed by atoms with Gasteiger partial charge < -0.3 is 10.0 Å². The largest absolute Gasteiger partial charge is 0.481 e. The second-order valence-corrected chi connectivity index (χ2v) is 8.21. The Kier molecular flexibility index (Phi) is 4.69. The zero-order valence-electron chi connectivity index (χ0n) is 16.5. The van der Waals surface area contributed by atoms with Gasteiger partial charge in [-0.25, -0.2) is 9.67 Å². The van der Waals surface area contributed by atoms with E-state index in [1.807, 2.05) is 25.1 Å². The number of carboxylic acid groups (broad SMARTS) is 1. The van der Waals surface area contributed by atoms with Gasteiger partial charge in [-0.2, -0.15) is 0 Å². The van der Waals surface area contributed by atoms with E-state index >= 15 is 0 Å². The average molecular weight is 382 g/mol. The molecule has 2 heterocycles. The summed E-state index contributed by atoms with van der Waals surface area (Å²) in [5, 5.41) is 13.8. The normalized spacial score (nSPS) is 23.6. The quantitative estimate of drug-likeness (QED) is 0.858. The third kappa shape index (κ3) is 3.08. The molecule has 2 bridgehead atoms. The van der Waals surface area contributed by atoms with Crippen LogP contribution in [0.5, 0.6) is 0 Å². The van der Waals surface area contributed by atoms with E-state index in [4.69, 9.17) is 0 Å². The number of likely N-dealkylation sites (tertiary alicyclic amines) is 1. The number of hydrogen-bond donors (Lipinski definition) is 1. The molecule has 0 unspecified atom stereocenters. The standard InChI is InChI=1S/C21H26N4O3/c1-12(2)16-6-4-5-7-17(16)25-13(3)22-20(23-25)21(28)24-15-9-8-14(10-15)18(24)11-19(26)27/h4-7,12,14-15,18H,8-11H2,1-3H3,(H,26,27)/t14-,15+,18+/m0/s1. The molecular weight excluding hydrogens is 356 g/mol. The van der Waals surface area contributed by atoms with Gasteiger partial charge in [0.2, 0.25) is 5.82 Å². The number of para-hydroxylation sites is 1. The Morgan fingerprint density at radius 1 is 1.25 bits per heavy atom. The van der Waals surface area contributed by atoms with Gasteiger partial charge in [0.1, 0.15) is 5.82 Å². The summed E-state index contributed by atoms with van der Waals surface area (Å²) in [6.07, 6.45) is 2.81. The first-order chi connectivity index (χ1) is 13.4. The summed E-state index contributed by atoms with van der Waals surface area (Å²) in [6.45, 7) is 6.08. The third-order valence-electron chi connectivity index (χ3n) is 6.11. The number of carbonyl (C=O) groups is 2. The number of nitrogens with zero attached hydrogens (tertiary/aromatic N) is 4. The zero-order valence-corrected chi connectivity index (χ0v) is 16.5. The van der Waals surface area contributed by atoms with E-state index < -0.39 is 5.97 Å². The van der Waals surface area contributed by atoms with Crippen LogP contribution in [-0.2, 0) is 4.79 Å². The molecule has 1 N–H and O–H groups in total. The summed E-state index contributed by atoms with van der Waals surface area (Å²) in [4.78, 5) is 30.7. The van der Waals surface area contributed by atoms with E-state index in [9.17, 15) is 14.7 Å². The number of amides is 1. The van der Waals surface area contributed by atoms with Crippen molar-refractivity contribution in [1.82, 2.24) is 19.7 Å². The maximum absolute atomic E-state index is 13.2. The summed E-state index contributed by atoms with van der Waals surface area (Å²) >= 11 is 0. The average Bonchev–Trinajstić information content (AvgIpc) is 3.35. The van der Waals surface area contributed by atoms with Crippen molar-refractivity contribution in [2.45, 2.75) is 64.5 Å². The minimum atomic E-state index is -0.865. The molecule has 1 saturated heterocycles. The van der Waals surface area contributed by atoms with Gasteiger partial charge >= 0.3 is 5.97 Å². The number of carbonyl (C=O) groups excluding carboxylic acids is 1. The minimum absolute atomic E-state index is 0.0111. The molecule has 4 rings (SSSR count). The molecular formula is C21H26N4O3. The van der Waals surface area contributed by atoms with Crippen LogP contribution < -0.4 is 0 Å². The molecule has 7 heteroatoms. The van der Waals surface area contributed by atoms with Crippen molar-refractivity contribution < 1.29 is 14.7 Å². The fourth-order valence-electron chi connectivity index (χ4n) is 4.84. The Balaban J connectivity index is 1.67. The van der Waals surface area contributed by atoms with Gasteiger partial charge in [0, 0.05) is 12.1 Å². The molecule has 148 valence electrons. The first kappa shape index (κ1) is 18.7. The molecule has 0 spiro atoms. The number of piperidine rings is 1. The lowest BCUT2D eigenvalue weighted by Crippen LogP contribution is -2.46. The van der Waals surface area contributed by atoms with Crippen LogP contribution in [-0.4, -0.2) is 48.7 Å². The smallest absolute Gasteiger partial charge is 0.305 e. The van der Waals surface area contributed by atoms with Crippen LogP contribution in [0.1, 0.15) is 67.5 Å². The van der Waals surface area contributed by atoms with Gasteiger partial charge in [-0.1, -0.05) is 32.0 Å². The highest BCUT2D eigenvalue weighted by molar-refractivity contribution is 5.91. The summed E-state index contributed by atoms with van der Waals surface area (Å²) in [5.74, 6) is 0.274. The molecule has 1 aromatic heterocycles. The minimum Gasteiger partial charge on any atom is -0.481 e. The molecule has 1 aliphatic carbocycles. The van der Waals surface area contributed by atoms with E-state index in [1.165, 1.54) is 0 Å². The fraction of sp³-hybridized carbons (Fsp3) is 0.524. The van der Waals surface area contributed by atoms with Crippen molar-refractivity contribution in [2.75, 3.05) is 0 Å². The van der Waals surface area contributed by atoms with Gasteiger partial charge in [-0.3, -0.25) is 9.59 Å². The first-order valence-electron chi connectivity index (χ1n) is 9.94. The summed E-state index contributed by atoms with van der Waals surface area (Å²) in [5.41, 5.74) is 2.06. The SMILES string of the molecule is Cc1nc(C(=O)N2[C@@H]3CC[C@@H](C3)[C@H]2CC(=O)O)nn1-c1ccccc1C(C)C. The second-order valence-electron chi connectivity index (χ2n) is 8.21. The van der Waals surface area contributed by atoms with Gasteiger partial charge in [0.15, 0.2) is 0 Å². The number of fused-ring (bicyclic) bond motifs is 2. The number of aromatic nitrogens is 3. The van der Waals surface area contributed by atoms with Crippen molar-refractivity contribution in [1.29, 1.82) is 0 Å². The number of benzene rings is 1. The highest BCUT2D eigenvalue weighted by Crippen LogP contribution is 2.44. The Bertz CT molecular complexity index is 920. The van der Waals surface area contributed by atoms with Crippen LogP contribution in [0.15, 0.2) is 24.3 Å². The number of carboxylic acids is 1. The zero-order chi connectivity index (χ0) is 20.0. The van der Waals surface area contributed by atoms with Gasteiger partial charge in [-0.05, 0) is 49.7 Å². The van der Waals surface area contributed by atoms with Crippen molar-refractivity contribution in [3.05, 3.63) is 41.5 Å². The number of hydrogen-bond acceptors (Lipinski definition) is 4. The highest BCUT2D eigenvalue weighted by atomic mass is 16.4. The second kappa shape index (κ2) is 7.04. The van der Waals surface area contributed by atoms with E-state index in [0.717, 1.165) is 30.5 Å². The van der Waals surface area contributed by atoms with Crippen molar-refractivity contribution >= 4 is 11.9 Å². The molecule has 1 aromatic carbocycles. The lowest BCUT2D eigenvalue weighted by Gasteiger charge is -2.33. The van der Waals surface area contributed by atoms with Crippen molar-refractivity contribution in [3.8, 4) is 5.69 Å². The third-order valence-corrected chi connectivity index (χ3v) is 6.11.